The summed E-state index contributed by atoms with van der Waals surface area (Å²) in [6.45, 7) is 4.25. The molecule has 1 heterocycles. The van der Waals surface area contributed by atoms with Crippen LogP contribution in [0.4, 0.5) is 0 Å². The average Bonchev–Trinajstić information content (AvgIpc) is 2.92. The van der Waals surface area contributed by atoms with E-state index in [-0.39, 0.29) is 12.5 Å². The lowest BCUT2D eigenvalue weighted by molar-refractivity contribution is -0.141. The number of carbonyl (C=O) groups excluding carboxylic acids is 1. The molecule has 1 rings (SSSR count). The minimum Gasteiger partial charge on any atom is -0.395 e. The van der Waals surface area contributed by atoms with Crippen molar-refractivity contribution in [2.75, 3.05) is 13.7 Å². The number of ether oxygens (including phenoxy) is 1. The van der Waals surface area contributed by atoms with Gasteiger partial charge in [-0.25, -0.2) is 0 Å². The standard InChI is InChI=1S/C15H21NO3S/c1-4-15(2,19-3)14(18)16-11-13-9-8-12(20-13)7-5-6-10-17/h8-9,17H,4,6,10-11H2,1-3H3,(H,16,18). The lowest BCUT2D eigenvalue weighted by Crippen LogP contribution is -2.45. The van der Waals surface area contributed by atoms with Crippen LogP contribution in [0, 0.1) is 11.8 Å². The highest BCUT2D eigenvalue weighted by molar-refractivity contribution is 7.12. The summed E-state index contributed by atoms with van der Waals surface area (Å²) in [6.07, 6.45) is 1.10. The van der Waals surface area contributed by atoms with Gasteiger partial charge in [-0.05, 0) is 25.5 Å². The first-order valence-electron chi connectivity index (χ1n) is 6.57. The molecule has 0 saturated heterocycles. The van der Waals surface area contributed by atoms with Gasteiger partial charge in [0.05, 0.1) is 18.0 Å². The highest BCUT2D eigenvalue weighted by Gasteiger charge is 2.30. The van der Waals surface area contributed by atoms with Gasteiger partial charge in [-0.15, -0.1) is 11.3 Å². The summed E-state index contributed by atoms with van der Waals surface area (Å²) in [5.74, 6) is 5.74. The van der Waals surface area contributed by atoms with Crippen LogP contribution in [-0.2, 0) is 16.1 Å². The Bertz CT molecular complexity index is 495. The average molecular weight is 295 g/mol. The summed E-state index contributed by atoms with van der Waals surface area (Å²) >= 11 is 1.54. The summed E-state index contributed by atoms with van der Waals surface area (Å²) in [4.78, 5) is 14.0. The number of hydrogen-bond acceptors (Lipinski definition) is 4. The van der Waals surface area contributed by atoms with E-state index in [0.29, 0.717) is 19.4 Å². The van der Waals surface area contributed by atoms with Crippen molar-refractivity contribution in [3.8, 4) is 11.8 Å². The second-order valence-corrected chi connectivity index (χ2v) is 5.68. The Hall–Kier alpha value is -1.35. The molecule has 1 unspecified atom stereocenters. The molecule has 1 aromatic rings. The van der Waals surface area contributed by atoms with Crippen molar-refractivity contribution >= 4 is 17.2 Å². The summed E-state index contributed by atoms with van der Waals surface area (Å²) in [5.41, 5.74) is -0.777. The molecule has 0 aromatic carbocycles. The zero-order valence-corrected chi connectivity index (χ0v) is 13.0. The van der Waals surface area contributed by atoms with E-state index in [2.05, 4.69) is 17.2 Å². The summed E-state index contributed by atoms with van der Waals surface area (Å²) < 4.78 is 5.25. The van der Waals surface area contributed by atoms with Gasteiger partial charge in [0, 0.05) is 18.4 Å². The van der Waals surface area contributed by atoms with Gasteiger partial charge in [0.2, 0.25) is 0 Å². The first-order valence-corrected chi connectivity index (χ1v) is 7.39. The van der Waals surface area contributed by atoms with Crippen LogP contribution in [0.15, 0.2) is 12.1 Å². The molecule has 0 saturated carbocycles. The Kier molecular flexibility index (Phi) is 6.73. The number of carbonyl (C=O) groups is 1. The molecule has 1 aromatic heterocycles. The van der Waals surface area contributed by atoms with E-state index in [1.807, 2.05) is 19.1 Å². The van der Waals surface area contributed by atoms with Gasteiger partial charge in [0.25, 0.3) is 5.91 Å². The first kappa shape index (κ1) is 16.7. The first-order chi connectivity index (χ1) is 9.55. The van der Waals surface area contributed by atoms with Gasteiger partial charge in [-0.3, -0.25) is 4.79 Å². The molecule has 0 fully saturated rings. The minimum atomic E-state index is -0.777. The Morgan fingerprint density at radius 2 is 2.30 bits per heavy atom. The van der Waals surface area contributed by atoms with Crippen molar-refractivity contribution in [3.63, 3.8) is 0 Å². The molecule has 0 radical (unpaired) electrons. The molecule has 0 aliphatic carbocycles. The molecule has 5 heteroatoms. The molecule has 110 valence electrons. The Morgan fingerprint density at radius 3 is 2.90 bits per heavy atom. The quantitative estimate of drug-likeness (QED) is 0.788. The second-order valence-electron chi connectivity index (χ2n) is 4.51. The molecule has 0 aliphatic rings. The Labute approximate surface area is 124 Å². The van der Waals surface area contributed by atoms with Crippen LogP contribution in [-0.4, -0.2) is 30.3 Å². The van der Waals surface area contributed by atoms with Crippen molar-refractivity contribution in [2.45, 2.75) is 38.8 Å². The smallest absolute Gasteiger partial charge is 0.252 e. The number of aliphatic hydroxyl groups excluding tert-OH is 1. The maximum Gasteiger partial charge on any atom is 0.252 e. The number of hydrogen-bond donors (Lipinski definition) is 2. The highest BCUT2D eigenvalue weighted by atomic mass is 32.1. The SMILES string of the molecule is CCC(C)(OC)C(=O)NCc1ccc(C#CCCO)s1. The number of aliphatic hydroxyl groups is 1. The monoisotopic (exact) mass is 295 g/mol. The predicted octanol–water partition coefficient (Wildman–Crippen LogP) is 1.91. The van der Waals surface area contributed by atoms with Crippen molar-refractivity contribution in [1.29, 1.82) is 0 Å². The third-order valence-corrected chi connectivity index (χ3v) is 4.14. The number of thiophene rings is 1. The lowest BCUT2D eigenvalue weighted by atomic mass is 10.0. The van der Waals surface area contributed by atoms with Crippen molar-refractivity contribution in [2.24, 2.45) is 0 Å². The third kappa shape index (κ3) is 4.64. The molecule has 1 atom stereocenters. The molecule has 4 nitrogen and oxygen atoms in total. The van der Waals surface area contributed by atoms with Crippen LogP contribution in [0.2, 0.25) is 0 Å². The van der Waals surface area contributed by atoms with Gasteiger partial charge in [-0.2, -0.15) is 0 Å². The van der Waals surface area contributed by atoms with Crippen molar-refractivity contribution in [1.82, 2.24) is 5.32 Å². The predicted molar refractivity (Wildman–Crippen MR) is 80.5 cm³/mol. The van der Waals surface area contributed by atoms with E-state index in [1.54, 1.807) is 25.4 Å². The van der Waals surface area contributed by atoms with E-state index in [0.717, 1.165) is 9.75 Å². The Balaban J connectivity index is 2.55. The summed E-state index contributed by atoms with van der Waals surface area (Å²) in [5, 5.41) is 11.5. The normalized spacial score (nSPS) is 13.2. The fourth-order valence-electron chi connectivity index (χ4n) is 1.50. The topological polar surface area (TPSA) is 58.6 Å². The van der Waals surface area contributed by atoms with Crippen LogP contribution < -0.4 is 5.32 Å². The molecule has 2 N–H and O–H groups in total. The lowest BCUT2D eigenvalue weighted by Gasteiger charge is -2.24. The number of rotatable bonds is 6. The molecule has 0 aliphatic heterocycles. The molecule has 0 bridgehead atoms. The number of nitrogens with one attached hydrogen (secondary N) is 1. The molecular weight excluding hydrogens is 274 g/mol. The number of amides is 1. The van der Waals surface area contributed by atoms with Crippen LogP contribution in [0.5, 0.6) is 0 Å². The minimum absolute atomic E-state index is 0.0773. The molecular formula is C15H21NO3S. The second kappa shape index (κ2) is 8.05. The highest BCUT2D eigenvalue weighted by Crippen LogP contribution is 2.17. The fourth-order valence-corrected chi connectivity index (χ4v) is 2.32. The van der Waals surface area contributed by atoms with E-state index in [4.69, 9.17) is 9.84 Å². The van der Waals surface area contributed by atoms with E-state index in [9.17, 15) is 4.79 Å². The summed E-state index contributed by atoms with van der Waals surface area (Å²) in [7, 11) is 1.54. The summed E-state index contributed by atoms with van der Waals surface area (Å²) in [6, 6.07) is 3.87. The van der Waals surface area contributed by atoms with Gasteiger partial charge in [0.15, 0.2) is 0 Å². The van der Waals surface area contributed by atoms with E-state index in [1.165, 1.54) is 0 Å². The molecule has 1 amide bonds. The van der Waals surface area contributed by atoms with E-state index < -0.39 is 5.60 Å². The number of methoxy groups -OCH3 is 1. The van der Waals surface area contributed by atoms with Crippen LogP contribution in [0.3, 0.4) is 0 Å². The zero-order chi connectivity index (χ0) is 15.0. The van der Waals surface area contributed by atoms with Crippen LogP contribution in [0.1, 0.15) is 36.4 Å². The largest absolute Gasteiger partial charge is 0.395 e. The zero-order valence-electron chi connectivity index (χ0n) is 12.2. The van der Waals surface area contributed by atoms with Gasteiger partial charge < -0.3 is 15.2 Å². The van der Waals surface area contributed by atoms with Gasteiger partial charge >= 0.3 is 0 Å². The van der Waals surface area contributed by atoms with Crippen molar-refractivity contribution < 1.29 is 14.6 Å². The third-order valence-electron chi connectivity index (χ3n) is 3.14. The van der Waals surface area contributed by atoms with Crippen molar-refractivity contribution in [3.05, 3.63) is 21.9 Å². The Morgan fingerprint density at radius 1 is 1.55 bits per heavy atom. The maximum atomic E-state index is 12.0. The maximum absolute atomic E-state index is 12.0. The van der Waals surface area contributed by atoms with Crippen LogP contribution >= 0.6 is 11.3 Å². The van der Waals surface area contributed by atoms with Gasteiger partial charge in [-0.1, -0.05) is 18.8 Å². The van der Waals surface area contributed by atoms with Gasteiger partial charge in [0.1, 0.15) is 5.60 Å². The van der Waals surface area contributed by atoms with Crippen LogP contribution in [0.25, 0.3) is 0 Å². The molecule has 20 heavy (non-hydrogen) atoms. The van der Waals surface area contributed by atoms with E-state index >= 15 is 0 Å². The molecule has 0 spiro atoms. The fraction of sp³-hybridized carbons (Fsp3) is 0.533.